The largest absolute Gasteiger partial charge is 0.229 e. The van der Waals surface area contributed by atoms with Gasteiger partial charge < -0.3 is 0 Å². The van der Waals surface area contributed by atoms with Crippen LogP contribution in [0.4, 0.5) is 0 Å². The zero-order chi connectivity index (χ0) is 8.89. The average Bonchev–Trinajstić information content (AvgIpc) is 2.45. The summed E-state index contributed by atoms with van der Waals surface area (Å²) in [7, 11) is 0. The van der Waals surface area contributed by atoms with E-state index in [9.17, 15) is 0 Å². The topological polar surface area (TPSA) is 43.6 Å². The molecular formula is C9H14N4. The number of rotatable bonds is 1. The standard InChI is InChI=1S/C9H14N4/c1-7-2-9(3-7)4-8(5-9)13-6-10-11-12-13/h6-8H,2-5H2,1H3. The Labute approximate surface area is 77.3 Å². The molecule has 1 aromatic rings. The van der Waals surface area contributed by atoms with Gasteiger partial charge in [-0.25, -0.2) is 4.68 Å². The number of hydrogen-bond acceptors (Lipinski definition) is 3. The van der Waals surface area contributed by atoms with Crippen molar-refractivity contribution in [1.29, 1.82) is 0 Å². The van der Waals surface area contributed by atoms with Gasteiger partial charge in [-0.1, -0.05) is 6.92 Å². The average molecular weight is 178 g/mol. The summed E-state index contributed by atoms with van der Waals surface area (Å²) in [6.45, 7) is 2.34. The van der Waals surface area contributed by atoms with Crippen molar-refractivity contribution in [2.45, 2.75) is 38.6 Å². The van der Waals surface area contributed by atoms with Crippen molar-refractivity contribution < 1.29 is 0 Å². The molecule has 1 heterocycles. The van der Waals surface area contributed by atoms with Crippen LogP contribution in [-0.2, 0) is 0 Å². The summed E-state index contributed by atoms with van der Waals surface area (Å²) in [6.07, 6.45) is 7.17. The first kappa shape index (κ1) is 7.47. The molecule has 1 aromatic heterocycles. The first-order valence-corrected chi connectivity index (χ1v) is 5.00. The van der Waals surface area contributed by atoms with E-state index in [1.165, 1.54) is 25.7 Å². The highest BCUT2D eigenvalue weighted by atomic mass is 15.5. The van der Waals surface area contributed by atoms with Crippen LogP contribution < -0.4 is 0 Å². The van der Waals surface area contributed by atoms with Gasteiger partial charge in [-0.05, 0) is 47.4 Å². The fourth-order valence-corrected chi connectivity index (χ4v) is 3.21. The summed E-state index contributed by atoms with van der Waals surface area (Å²) < 4.78 is 1.91. The van der Waals surface area contributed by atoms with E-state index in [2.05, 4.69) is 22.4 Å². The molecule has 0 amide bonds. The lowest BCUT2D eigenvalue weighted by atomic mass is 9.50. The summed E-state index contributed by atoms with van der Waals surface area (Å²) in [5.41, 5.74) is 0.691. The van der Waals surface area contributed by atoms with Crippen LogP contribution in [0.5, 0.6) is 0 Å². The van der Waals surface area contributed by atoms with Gasteiger partial charge in [0, 0.05) is 0 Å². The molecule has 4 heteroatoms. The number of hydrogen-bond donors (Lipinski definition) is 0. The van der Waals surface area contributed by atoms with Crippen molar-refractivity contribution in [2.75, 3.05) is 0 Å². The molecule has 0 aromatic carbocycles. The zero-order valence-corrected chi connectivity index (χ0v) is 7.85. The fourth-order valence-electron chi connectivity index (χ4n) is 3.21. The number of aromatic nitrogens is 4. The molecule has 2 aliphatic carbocycles. The Bertz CT molecular complexity index is 291. The van der Waals surface area contributed by atoms with Gasteiger partial charge in [-0.3, -0.25) is 0 Å². The van der Waals surface area contributed by atoms with Crippen LogP contribution in [-0.4, -0.2) is 20.2 Å². The minimum Gasteiger partial charge on any atom is -0.229 e. The van der Waals surface area contributed by atoms with Gasteiger partial charge in [-0.15, -0.1) is 5.10 Å². The van der Waals surface area contributed by atoms with Crippen molar-refractivity contribution in [3.8, 4) is 0 Å². The Hall–Kier alpha value is -0.930. The van der Waals surface area contributed by atoms with Crippen LogP contribution >= 0.6 is 0 Å². The van der Waals surface area contributed by atoms with E-state index in [0.29, 0.717) is 11.5 Å². The maximum atomic E-state index is 3.94. The maximum absolute atomic E-state index is 3.94. The quantitative estimate of drug-likeness (QED) is 0.653. The first-order chi connectivity index (χ1) is 6.27. The zero-order valence-electron chi connectivity index (χ0n) is 7.85. The van der Waals surface area contributed by atoms with Gasteiger partial charge in [0.05, 0.1) is 6.04 Å². The molecule has 2 fully saturated rings. The third-order valence-corrected chi connectivity index (χ3v) is 3.64. The minimum atomic E-state index is 0.586. The van der Waals surface area contributed by atoms with E-state index in [0.717, 1.165) is 5.92 Å². The molecule has 4 nitrogen and oxygen atoms in total. The van der Waals surface area contributed by atoms with Crippen LogP contribution in [0, 0.1) is 11.3 Å². The molecule has 0 radical (unpaired) electrons. The fraction of sp³-hybridized carbons (Fsp3) is 0.889. The van der Waals surface area contributed by atoms with Crippen LogP contribution in [0.2, 0.25) is 0 Å². The molecule has 0 N–H and O–H groups in total. The lowest BCUT2D eigenvalue weighted by Gasteiger charge is -2.56. The monoisotopic (exact) mass is 178 g/mol. The Morgan fingerprint density at radius 1 is 1.31 bits per heavy atom. The normalized spacial score (nSPS) is 42.8. The van der Waals surface area contributed by atoms with Crippen molar-refractivity contribution in [3.05, 3.63) is 6.33 Å². The van der Waals surface area contributed by atoms with Crippen LogP contribution in [0.25, 0.3) is 0 Å². The van der Waals surface area contributed by atoms with E-state index in [1.54, 1.807) is 6.33 Å². The van der Waals surface area contributed by atoms with Crippen molar-refractivity contribution in [3.63, 3.8) is 0 Å². The Morgan fingerprint density at radius 2 is 2.08 bits per heavy atom. The molecule has 1 spiro atoms. The van der Waals surface area contributed by atoms with Gasteiger partial charge in [0.1, 0.15) is 6.33 Å². The second kappa shape index (κ2) is 2.30. The lowest BCUT2D eigenvalue weighted by molar-refractivity contribution is -0.0592. The number of nitrogens with zero attached hydrogens (tertiary/aromatic N) is 4. The molecule has 0 saturated heterocycles. The Morgan fingerprint density at radius 3 is 2.62 bits per heavy atom. The Balaban J connectivity index is 1.64. The van der Waals surface area contributed by atoms with Gasteiger partial charge in [-0.2, -0.15) is 0 Å². The first-order valence-electron chi connectivity index (χ1n) is 5.00. The third-order valence-electron chi connectivity index (χ3n) is 3.64. The van der Waals surface area contributed by atoms with Crippen molar-refractivity contribution >= 4 is 0 Å². The predicted octanol–water partition coefficient (Wildman–Crippen LogP) is 1.42. The number of tetrazole rings is 1. The van der Waals surface area contributed by atoms with Gasteiger partial charge in [0.15, 0.2) is 0 Å². The van der Waals surface area contributed by atoms with Gasteiger partial charge >= 0.3 is 0 Å². The molecule has 0 unspecified atom stereocenters. The molecule has 0 bridgehead atoms. The molecule has 13 heavy (non-hydrogen) atoms. The SMILES string of the molecule is CC1CC2(C1)CC(n1cnnn1)C2. The molecule has 70 valence electrons. The highest BCUT2D eigenvalue weighted by molar-refractivity contribution is 5.03. The van der Waals surface area contributed by atoms with E-state index in [1.807, 2.05) is 4.68 Å². The van der Waals surface area contributed by atoms with Crippen LogP contribution in [0.1, 0.15) is 38.6 Å². The van der Waals surface area contributed by atoms with Gasteiger partial charge in [0.2, 0.25) is 0 Å². The molecule has 0 atom stereocenters. The van der Waals surface area contributed by atoms with E-state index in [4.69, 9.17) is 0 Å². The molecule has 2 saturated carbocycles. The second-order valence-electron chi connectivity index (χ2n) is 4.87. The summed E-state index contributed by atoms with van der Waals surface area (Å²) in [6, 6.07) is 0.586. The summed E-state index contributed by atoms with van der Waals surface area (Å²) in [5.74, 6) is 0.954. The maximum Gasteiger partial charge on any atom is 0.138 e. The highest BCUT2D eigenvalue weighted by Gasteiger charge is 2.52. The molecule has 0 aliphatic heterocycles. The summed E-state index contributed by atoms with van der Waals surface area (Å²) in [5, 5.41) is 11.3. The van der Waals surface area contributed by atoms with Crippen LogP contribution in [0.15, 0.2) is 6.33 Å². The lowest BCUT2D eigenvalue weighted by Crippen LogP contribution is -2.47. The van der Waals surface area contributed by atoms with E-state index < -0.39 is 0 Å². The minimum absolute atomic E-state index is 0.586. The second-order valence-corrected chi connectivity index (χ2v) is 4.87. The van der Waals surface area contributed by atoms with Crippen molar-refractivity contribution in [2.24, 2.45) is 11.3 Å². The predicted molar refractivity (Wildman–Crippen MR) is 46.9 cm³/mol. The molecular weight excluding hydrogens is 164 g/mol. The van der Waals surface area contributed by atoms with Crippen molar-refractivity contribution in [1.82, 2.24) is 20.2 Å². The van der Waals surface area contributed by atoms with Gasteiger partial charge in [0.25, 0.3) is 0 Å². The highest BCUT2D eigenvalue weighted by Crippen LogP contribution is 2.62. The smallest absolute Gasteiger partial charge is 0.138 e. The third kappa shape index (κ3) is 1.01. The molecule has 3 rings (SSSR count). The summed E-state index contributed by atoms with van der Waals surface area (Å²) in [4.78, 5) is 0. The summed E-state index contributed by atoms with van der Waals surface area (Å²) >= 11 is 0. The van der Waals surface area contributed by atoms with E-state index >= 15 is 0 Å². The van der Waals surface area contributed by atoms with Crippen LogP contribution in [0.3, 0.4) is 0 Å². The Kier molecular flexibility index (Phi) is 1.32. The van der Waals surface area contributed by atoms with E-state index in [-0.39, 0.29) is 0 Å². The molecule has 2 aliphatic rings.